The van der Waals surface area contributed by atoms with Gasteiger partial charge in [-0.1, -0.05) is 11.6 Å². The first kappa shape index (κ1) is 13.1. The first-order valence-electron chi connectivity index (χ1n) is 5.37. The largest absolute Gasteiger partial charge is 0.466 e. The molecule has 0 saturated carbocycles. The van der Waals surface area contributed by atoms with E-state index in [0.29, 0.717) is 22.6 Å². The number of rotatable bonds is 2. The van der Waals surface area contributed by atoms with Crippen molar-refractivity contribution in [1.82, 2.24) is 0 Å². The molecule has 5 heteroatoms. The Morgan fingerprint density at radius 2 is 1.72 bits per heavy atom. The average molecular weight is 272 g/mol. The normalized spacial score (nSPS) is 12.8. The molecule has 0 aliphatic heterocycles. The van der Waals surface area contributed by atoms with E-state index >= 15 is 0 Å². The molecule has 18 heavy (non-hydrogen) atoms. The van der Waals surface area contributed by atoms with Crippen LogP contribution in [0.5, 0.6) is 0 Å². The van der Waals surface area contributed by atoms with Gasteiger partial charge in [-0.2, -0.15) is 0 Å². The number of benzene rings is 1. The molecule has 0 radical (unpaired) electrons. The van der Waals surface area contributed by atoms with Gasteiger partial charge < -0.3 is 10.2 Å². The summed E-state index contributed by atoms with van der Waals surface area (Å²) in [5, 5.41) is 0.0969. The van der Waals surface area contributed by atoms with Crippen molar-refractivity contribution in [1.29, 1.82) is 0 Å². The van der Waals surface area contributed by atoms with Crippen molar-refractivity contribution in [2.24, 2.45) is 5.73 Å². The van der Waals surface area contributed by atoms with Crippen LogP contribution >= 0.6 is 11.6 Å². The second kappa shape index (κ2) is 4.71. The molecule has 0 aliphatic carbocycles. The lowest BCUT2D eigenvalue weighted by Crippen LogP contribution is -2.13. The van der Waals surface area contributed by atoms with Crippen molar-refractivity contribution in [2.45, 2.75) is 19.9 Å². The Kier molecular flexibility index (Phi) is 3.41. The number of nitrogens with two attached hydrogens (primary N) is 1. The van der Waals surface area contributed by atoms with Crippen LogP contribution in [-0.2, 0) is 0 Å². The van der Waals surface area contributed by atoms with E-state index in [9.17, 15) is 8.78 Å². The molecule has 1 atom stereocenters. The zero-order valence-corrected chi connectivity index (χ0v) is 10.7. The number of hydrogen-bond donors (Lipinski definition) is 1. The number of furan rings is 1. The van der Waals surface area contributed by atoms with Crippen molar-refractivity contribution in [3.05, 3.63) is 57.5 Å². The monoisotopic (exact) mass is 271 g/mol. The van der Waals surface area contributed by atoms with Crippen molar-refractivity contribution < 1.29 is 13.2 Å². The van der Waals surface area contributed by atoms with E-state index in [1.54, 1.807) is 19.9 Å². The van der Waals surface area contributed by atoms with Crippen LogP contribution in [0.2, 0.25) is 5.02 Å². The van der Waals surface area contributed by atoms with E-state index in [1.807, 2.05) is 0 Å². The summed E-state index contributed by atoms with van der Waals surface area (Å²) in [5.74, 6) is -0.615. The van der Waals surface area contributed by atoms with Gasteiger partial charge in [0.2, 0.25) is 0 Å². The minimum atomic E-state index is -0.990. The summed E-state index contributed by atoms with van der Waals surface area (Å²) < 4.78 is 31.6. The Bertz CT molecular complexity index is 595. The third kappa shape index (κ3) is 2.26. The number of hydrogen-bond acceptors (Lipinski definition) is 2. The summed E-state index contributed by atoms with van der Waals surface area (Å²) >= 11 is 5.89. The van der Waals surface area contributed by atoms with Crippen molar-refractivity contribution >= 4 is 11.6 Å². The topological polar surface area (TPSA) is 39.2 Å². The summed E-state index contributed by atoms with van der Waals surface area (Å²) in [5.41, 5.74) is 7.06. The van der Waals surface area contributed by atoms with Crippen molar-refractivity contribution in [3.63, 3.8) is 0 Å². The van der Waals surface area contributed by atoms with Crippen LogP contribution in [0.25, 0.3) is 0 Å². The molecule has 0 spiro atoms. The maximum atomic E-state index is 13.2. The lowest BCUT2D eigenvalue weighted by atomic mass is 9.99. The van der Waals surface area contributed by atoms with Gasteiger partial charge in [0.25, 0.3) is 0 Å². The molecule has 0 saturated heterocycles. The maximum Gasteiger partial charge on any atom is 0.160 e. The van der Waals surface area contributed by atoms with Gasteiger partial charge in [0.05, 0.1) is 6.04 Å². The van der Waals surface area contributed by atoms with Gasteiger partial charge in [0.15, 0.2) is 11.6 Å². The molecule has 0 aliphatic rings. The van der Waals surface area contributed by atoms with Gasteiger partial charge in [0.1, 0.15) is 11.5 Å². The molecule has 0 bridgehead atoms. The van der Waals surface area contributed by atoms with Crippen LogP contribution in [0.15, 0.2) is 22.6 Å². The summed E-state index contributed by atoms with van der Waals surface area (Å²) in [4.78, 5) is 0. The van der Waals surface area contributed by atoms with E-state index in [1.165, 1.54) is 0 Å². The highest BCUT2D eigenvalue weighted by Crippen LogP contribution is 2.31. The predicted molar refractivity (Wildman–Crippen MR) is 65.6 cm³/mol. The molecule has 2 nitrogen and oxygen atoms in total. The molecule has 1 aromatic heterocycles. The maximum absolute atomic E-state index is 13.2. The third-order valence-corrected chi connectivity index (χ3v) is 3.12. The summed E-state index contributed by atoms with van der Waals surface area (Å²) in [7, 11) is 0. The molecular weight excluding hydrogens is 260 g/mol. The first-order valence-corrected chi connectivity index (χ1v) is 5.75. The van der Waals surface area contributed by atoms with Crippen molar-refractivity contribution in [2.75, 3.05) is 0 Å². The summed E-state index contributed by atoms with van der Waals surface area (Å²) in [6.45, 7) is 3.55. The van der Waals surface area contributed by atoms with Gasteiger partial charge in [-0.15, -0.1) is 0 Å². The highest BCUT2D eigenvalue weighted by molar-refractivity contribution is 6.31. The Morgan fingerprint density at radius 3 is 2.28 bits per heavy atom. The first-order chi connectivity index (χ1) is 8.40. The SMILES string of the molecule is Cc1cc(C(N)c2cc(F)c(F)cc2Cl)c(C)o1. The number of halogens is 3. The molecular formula is C13H12ClF2NO. The van der Waals surface area contributed by atoms with Crippen LogP contribution in [0.3, 0.4) is 0 Å². The number of aryl methyl sites for hydroxylation is 2. The fourth-order valence-corrected chi connectivity index (χ4v) is 2.17. The van der Waals surface area contributed by atoms with Gasteiger partial charge >= 0.3 is 0 Å². The van der Waals surface area contributed by atoms with E-state index in [0.717, 1.165) is 12.1 Å². The van der Waals surface area contributed by atoms with Gasteiger partial charge in [-0.3, -0.25) is 0 Å². The Hall–Kier alpha value is -1.39. The predicted octanol–water partition coefficient (Wildman–Crippen LogP) is 3.88. The van der Waals surface area contributed by atoms with Gasteiger partial charge in [-0.25, -0.2) is 8.78 Å². The zero-order valence-electron chi connectivity index (χ0n) is 9.93. The minimum Gasteiger partial charge on any atom is -0.466 e. The second-order valence-corrected chi connectivity index (χ2v) is 4.54. The molecule has 0 fully saturated rings. The molecule has 96 valence electrons. The minimum absolute atomic E-state index is 0.0969. The lowest BCUT2D eigenvalue weighted by Gasteiger charge is -2.13. The standard InChI is InChI=1S/C13H12ClF2NO/c1-6-3-8(7(2)18-6)13(17)9-4-11(15)12(16)5-10(9)14/h3-5,13H,17H2,1-2H3. The lowest BCUT2D eigenvalue weighted by molar-refractivity contribution is 0.498. The Morgan fingerprint density at radius 1 is 1.11 bits per heavy atom. The van der Waals surface area contributed by atoms with E-state index < -0.39 is 17.7 Å². The molecule has 0 amide bonds. The molecule has 1 unspecified atom stereocenters. The molecule has 1 heterocycles. The fourth-order valence-electron chi connectivity index (χ4n) is 1.90. The highest BCUT2D eigenvalue weighted by Gasteiger charge is 2.19. The Balaban J connectivity index is 2.49. The van der Waals surface area contributed by atoms with E-state index in [4.69, 9.17) is 21.8 Å². The molecule has 2 aromatic rings. The third-order valence-electron chi connectivity index (χ3n) is 2.79. The van der Waals surface area contributed by atoms with Gasteiger partial charge in [-0.05, 0) is 37.6 Å². The quantitative estimate of drug-likeness (QED) is 0.842. The summed E-state index contributed by atoms with van der Waals surface area (Å²) in [6, 6.07) is 3.06. The van der Waals surface area contributed by atoms with E-state index in [2.05, 4.69) is 0 Å². The molecule has 2 rings (SSSR count). The highest BCUT2D eigenvalue weighted by atomic mass is 35.5. The Labute approximate surface area is 108 Å². The average Bonchev–Trinajstić information content (AvgIpc) is 2.62. The summed E-state index contributed by atoms with van der Waals surface area (Å²) in [6.07, 6.45) is 0. The van der Waals surface area contributed by atoms with Gasteiger partial charge in [0, 0.05) is 10.6 Å². The van der Waals surface area contributed by atoms with Crippen LogP contribution in [0, 0.1) is 25.5 Å². The van der Waals surface area contributed by atoms with E-state index in [-0.39, 0.29) is 5.02 Å². The fraction of sp³-hybridized carbons (Fsp3) is 0.231. The molecule has 1 aromatic carbocycles. The zero-order chi connectivity index (χ0) is 13.4. The molecule has 2 N–H and O–H groups in total. The second-order valence-electron chi connectivity index (χ2n) is 4.13. The van der Waals surface area contributed by atoms with Crippen LogP contribution in [-0.4, -0.2) is 0 Å². The van der Waals surface area contributed by atoms with Crippen LogP contribution < -0.4 is 5.73 Å². The smallest absolute Gasteiger partial charge is 0.160 e. The van der Waals surface area contributed by atoms with Crippen LogP contribution in [0.4, 0.5) is 8.78 Å². The van der Waals surface area contributed by atoms with Crippen LogP contribution in [0.1, 0.15) is 28.7 Å². The van der Waals surface area contributed by atoms with Crippen molar-refractivity contribution in [3.8, 4) is 0 Å².